The summed E-state index contributed by atoms with van der Waals surface area (Å²) in [6, 6.07) is 6.77. The Balaban J connectivity index is 2.05. The van der Waals surface area contributed by atoms with E-state index >= 15 is 0 Å². The van der Waals surface area contributed by atoms with Gasteiger partial charge in [0.25, 0.3) is 0 Å². The Kier molecular flexibility index (Phi) is 4.64. The van der Waals surface area contributed by atoms with Crippen LogP contribution in [0.2, 0.25) is 0 Å². The first kappa shape index (κ1) is 15.2. The molecule has 0 saturated carbocycles. The SMILES string of the molecule is Oc1ccccc1SCc1nn(CC(F)(F)F)cc1Br. The fourth-order valence-electron chi connectivity index (χ4n) is 1.52. The maximum atomic E-state index is 12.3. The van der Waals surface area contributed by atoms with Crippen molar-refractivity contribution in [3.8, 4) is 5.75 Å². The van der Waals surface area contributed by atoms with Gasteiger partial charge in [0, 0.05) is 16.8 Å². The molecule has 108 valence electrons. The molecule has 0 amide bonds. The zero-order valence-corrected chi connectivity index (χ0v) is 12.5. The lowest BCUT2D eigenvalue weighted by Crippen LogP contribution is -2.18. The lowest BCUT2D eigenvalue weighted by molar-refractivity contribution is -0.142. The van der Waals surface area contributed by atoms with Crippen LogP contribution in [0.15, 0.2) is 39.8 Å². The van der Waals surface area contributed by atoms with Crippen LogP contribution in [0, 0.1) is 0 Å². The summed E-state index contributed by atoms with van der Waals surface area (Å²) in [6.45, 7) is -1.12. The highest BCUT2D eigenvalue weighted by Crippen LogP contribution is 2.32. The third-order valence-corrected chi connectivity index (χ3v) is 4.09. The van der Waals surface area contributed by atoms with Gasteiger partial charge in [-0.15, -0.1) is 11.8 Å². The van der Waals surface area contributed by atoms with Crippen molar-refractivity contribution >= 4 is 27.7 Å². The van der Waals surface area contributed by atoms with Gasteiger partial charge in [0.1, 0.15) is 12.3 Å². The Labute approximate surface area is 125 Å². The molecule has 0 aliphatic carbocycles. The predicted octanol–water partition coefficient (Wildman–Crippen LogP) is 4.21. The van der Waals surface area contributed by atoms with Gasteiger partial charge in [-0.3, -0.25) is 4.68 Å². The molecule has 1 N–H and O–H groups in total. The van der Waals surface area contributed by atoms with Crippen molar-refractivity contribution in [3.63, 3.8) is 0 Å². The van der Waals surface area contributed by atoms with Crippen molar-refractivity contribution in [2.45, 2.75) is 23.4 Å². The highest BCUT2D eigenvalue weighted by Gasteiger charge is 2.28. The molecule has 8 heteroatoms. The summed E-state index contributed by atoms with van der Waals surface area (Å²) in [4.78, 5) is 0.657. The number of phenolic OH excluding ortho intramolecular Hbond substituents is 1. The summed E-state index contributed by atoms with van der Waals surface area (Å²) in [5, 5.41) is 13.5. The number of phenols is 1. The highest BCUT2D eigenvalue weighted by atomic mass is 79.9. The Bertz CT molecular complexity index is 601. The van der Waals surface area contributed by atoms with E-state index < -0.39 is 12.7 Å². The van der Waals surface area contributed by atoms with Crippen molar-refractivity contribution < 1.29 is 18.3 Å². The second kappa shape index (κ2) is 6.09. The summed E-state index contributed by atoms with van der Waals surface area (Å²) in [5.74, 6) is 0.506. The number of thioether (sulfide) groups is 1. The van der Waals surface area contributed by atoms with Gasteiger partial charge in [0.2, 0.25) is 0 Å². The quantitative estimate of drug-likeness (QED) is 0.823. The molecule has 0 radical (unpaired) electrons. The zero-order valence-electron chi connectivity index (χ0n) is 10.1. The summed E-state index contributed by atoms with van der Waals surface area (Å²) < 4.78 is 38.2. The Morgan fingerprint density at radius 3 is 2.65 bits per heavy atom. The molecule has 0 aliphatic heterocycles. The van der Waals surface area contributed by atoms with Crippen molar-refractivity contribution in [2.75, 3.05) is 0 Å². The van der Waals surface area contributed by atoms with E-state index in [1.54, 1.807) is 24.3 Å². The summed E-state index contributed by atoms with van der Waals surface area (Å²) in [5.41, 5.74) is 0.502. The minimum atomic E-state index is -4.30. The number of hydrogen-bond donors (Lipinski definition) is 1. The number of benzene rings is 1. The predicted molar refractivity (Wildman–Crippen MR) is 73.6 cm³/mol. The minimum Gasteiger partial charge on any atom is -0.507 e. The molecule has 0 bridgehead atoms. The molecule has 20 heavy (non-hydrogen) atoms. The third-order valence-electron chi connectivity index (χ3n) is 2.36. The molecule has 0 fully saturated rings. The molecule has 1 heterocycles. The topological polar surface area (TPSA) is 38.1 Å². The van der Waals surface area contributed by atoms with Crippen molar-refractivity contribution in [1.82, 2.24) is 9.78 Å². The van der Waals surface area contributed by atoms with E-state index in [0.29, 0.717) is 20.8 Å². The second-order valence-electron chi connectivity index (χ2n) is 3.99. The average molecular weight is 367 g/mol. The maximum absolute atomic E-state index is 12.3. The largest absolute Gasteiger partial charge is 0.507 e. The van der Waals surface area contributed by atoms with Gasteiger partial charge in [-0.05, 0) is 28.1 Å². The van der Waals surface area contributed by atoms with E-state index in [1.807, 2.05) is 0 Å². The Morgan fingerprint density at radius 2 is 2.00 bits per heavy atom. The molecule has 0 atom stereocenters. The van der Waals surface area contributed by atoms with Crippen LogP contribution in [0.5, 0.6) is 5.75 Å². The number of para-hydroxylation sites is 1. The first-order valence-corrected chi connectivity index (χ1v) is 7.32. The number of aromatic nitrogens is 2. The lowest BCUT2D eigenvalue weighted by Gasteiger charge is -2.05. The molecule has 1 aromatic carbocycles. The fourth-order valence-corrected chi connectivity index (χ4v) is 3.06. The van der Waals surface area contributed by atoms with Crippen molar-refractivity contribution in [2.24, 2.45) is 0 Å². The molecule has 2 rings (SSSR count). The fraction of sp³-hybridized carbons (Fsp3) is 0.250. The monoisotopic (exact) mass is 366 g/mol. The van der Waals surface area contributed by atoms with Gasteiger partial charge >= 0.3 is 6.18 Å². The van der Waals surface area contributed by atoms with Gasteiger partial charge in [0.15, 0.2) is 0 Å². The van der Waals surface area contributed by atoms with Crippen LogP contribution in [0.3, 0.4) is 0 Å². The van der Waals surface area contributed by atoms with Gasteiger partial charge in [0.05, 0.1) is 10.2 Å². The van der Waals surface area contributed by atoms with Gasteiger partial charge in [-0.2, -0.15) is 18.3 Å². The minimum absolute atomic E-state index is 0.142. The number of nitrogens with zero attached hydrogens (tertiary/aromatic N) is 2. The Hall–Kier alpha value is -1.15. The van der Waals surface area contributed by atoms with Crippen molar-refractivity contribution in [1.29, 1.82) is 0 Å². The maximum Gasteiger partial charge on any atom is 0.408 e. The summed E-state index contributed by atoms with van der Waals surface area (Å²) in [7, 11) is 0. The van der Waals surface area contributed by atoms with E-state index in [4.69, 9.17) is 0 Å². The van der Waals surface area contributed by atoms with Crippen LogP contribution in [0.25, 0.3) is 0 Å². The zero-order chi connectivity index (χ0) is 14.8. The van der Waals surface area contributed by atoms with Crippen LogP contribution in [-0.4, -0.2) is 21.1 Å². The number of aromatic hydroxyl groups is 1. The average Bonchev–Trinajstić information content (AvgIpc) is 2.66. The molecular formula is C12H10BrF3N2OS. The van der Waals surface area contributed by atoms with Crippen LogP contribution in [-0.2, 0) is 12.3 Å². The van der Waals surface area contributed by atoms with E-state index in [2.05, 4.69) is 21.0 Å². The van der Waals surface area contributed by atoms with Crippen molar-refractivity contribution in [3.05, 3.63) is 40.6 Å². The summed E-state index contributed by atoms with van der Waals surface area (Å²) in [6.07, 6.45) is -3.00. The number of rotatable bonds is 4. The van der Waals surface area contributed by atoms with Gasteiger partial charge in [-0.1, -0.05) is 12.1 Å². The summed E-state index contributed by atoms with van der Waals surface area (Å²) >= 11 is 4.50. The second-order valence-corrected chi connectivity index (χ2v) is 5.86. The third kappa shape index (κ3) is 4.17. The standard InChI is InChI=1S/C12H10BrF3N2OS/c13-8-5-18(7-12(14,15)16)17-9(8)6-20-11-4-2-1-3-10(11)19/h1-5,19H,6-7H2. The lowest BCUT2D eigenvalue weighted by atomic mass is 10.3. The highest BCUT2D eigenvalue weighted by molar-refractivity contribution is 9.10. The van der Waals surface area contributed by atoms with Crippen LogP contribution >= 0.6 is 27.7 Å². The van der Waals surface area contributed by atoms with E-state index in [9.17, 15) is 18.3 Å². The smallest absolute Gasteiger partial charge is 0.408 e. The number of halogens is 4. The van der Waals surface area contributed by atoms with Gasteiger partial charge in [-0.25, -0.2) is 0 Å². The normalized spacial score (nSPS) is 11.8. The van der Waals surface area contributed by atoms with Crippen LogP contribution < -0.4 is 0 Å². The number of alkyl halides is 3. The Morgan fingerprint density at radius 1 is 1.30 bits per heavy atom. The van der Waals surface area contributed by atoms with E-state index in [0.717, 1.165) is 4.68 Å². The molecule has 0 saturated heterocycles. The molecule has 2 aromatic rings. The molecular weight excluding hydrogens is 357 g/mol. The molecule has 0 spiro atoms. The first-order valence-electron chi connectivity index (χ1n) is 5.54. The molecule has 3 nitrogen and oxygen atoms in total. The van der Waals surface area contributed by atoms with E-state index in [1.165, 1.54) is 18.0 Å². The van der Waals surface area contributed by atoms with Crippen LogP contribution in [0.1, 0.15) is 5.69 Å². The molecule has 1 aromatic heterocycles. The first-order chi connectivity index (χ1) is 9.35. The van der Waals surface area contributed by atoms with Gasteiger partial charge < -0.3 is 5.11 Å². The number of hydrogen-bond acceptors (Lipinski definition) is 3. The van der Waals surface area contributed by atoms with Crippen LogP contribution in [0.4, 0.5) is 13.2 Å². The van der Waals surface area contributed by atoms with E-state index in [-0.39, 0.29) is 5.75 Å². The molecule has 0 aliphatic rings. The molecule has 0 unspecified atom stereocenters.